The molecule has 0 unspecified atom stereocenters. The van der Waals surface area contributed by atoms with E-state index in [0.717, 1.165) is 61.8 Å². The summed E-state index contributed by atoms with van der Waals surface area (Å²) >= 11 is 6.11. The van der Waals surface area contributed by atoms with Crippen LogP contribution in [0.1, 0.15) is 51.0 Å². The summed E-state index contributed by atoms with van der Waals surface area (Å²) in [5, 5.41) is 5.20. The summed E-state index contributed by atoms with van der Waals surface area (Å²) in [5.74, 6) is 1.02. The minimum Gasteiger partial charge on any atom is -0.338 e. The van der Waals surface area contributed by atoms with E-state index in [2.05, 4.69) is 45.9 Å². The van der Waals surface area contributed by atoms with Crippen LogP contribution in [0.15, 0.2) is 48.9 Å². The highest BCUT2D eigenvalue weighted by atomic mass is 35.5. The van der Waals surface area contributed by atoms with Crippen molar-refractivity contribution in [1.82, 2.24) is 24.7 Å². The Bertz CT molecular complexity index is 1140. The Morgan fingerprint density at radius 1 is 1.06 bits per heavy atom. The van der Waals surface area contributed by atoms with Crippen molar-refractivity contribution in [3.05, 3.63) is 59.5 Å². The minimum atomic E-state index is 0.0996. The summed E-state index contributed by atoms with van der Waals surface area (Å²) < 4.78 is 2.21. The number of hydrogen-bond acceptors (Lipinski definition) is 3. The molecule has 2 saturated heterocycles. The van der Waals surface area contributed by atoms with Crippen LogP contribution >= 0.6 is 11.6 Å². The molecule has 2 aliphatic rings. The first-order chi connectivity index (χ1) is 17.0. The maximum Gasteiger partial charge on any atom is 0.317 e. The fourth-order valence-electron chi connectivity index (χ4n) is 5.65. The normalized spacial score (nSPS) is 18.5. The summed E-state index contributed by atoms with van der Waals surface area (Å²) in [5.41, 5.74) is 3.53. The Kier molecular flexibility index (Phi) is 7.30. The van der Waals surface area contributed by atoms with Gasteiger partial charge in [-0.3, -0.25) is 4.98 Å². The van der Waals surface area contributed by atoms with Crippen molar-refractivity contribution in [1.29, 1.82) is 0 Å². The van der Waals surface area contributed by atoms with Crippen LogP contribution in [0.2, 0.25) is 5.02 Å². The average Bonchev–Trinajstić information content (AvgIpc) is 3.28. The van der Waals surface area contributed by atoms with Gasteiger partial charge in [-0.05, 0) is 100 Å². The van der Waals surface area contributed by atoms with Gasteiger partial charge in [0, 0.05) is 54.2 Å². The number of fused-ring (bicyclic) bond motifs is 1. The van der Waals surface area contributed by atoms with Crippen molar-refractivity contribution in [3.63, 3.8) is 0 Å². The highest BCUT2D eigenvalue weighted by Crippen LogP contribution is 2.35. The lowest BCUT2D eigenvalue weighted by atomic mass is 9.89. The molecule has 2 aliphatic heterocycles. The maximum atomic E-state index is 12.9. The molecule has 6 nitrogen and oxygen atoms in total. The molecule has 1 N–H and O–H groups in total. The van der Waals surface area contributed by atoms with Gasteiger partial charge in [-0.15, -0.1) is 0 Å². The zero-order valence-electron chi connectivity index (χ0n) is 20.8. The first-order valence-corrected chi connectivity index (χ1v) is 13.3. The number of halogens is 1. The molecular formula is C28H36ClN5O. The standard InChI is InChI=1S/C28H36ClN5O/c1-20(2)32-13-8-21(9-14-32)17-31-28(35)33-15-10-22(11-16-33)26-19-34(24-5-3-23(29)4-6-24)27-18-30-12-7-25(26)27/h3-7,12,18-22H,8-11,13-17H2,1-2H3,(H,31,35). The van der Waals surface area contributed by atoms with Gasteiger partial charge in [0.05, 0.1) is 11.7 Å². The number of likely N-dealkylation sites (tertiary alicyclic amines) is 2. The molecule has 0 atom stereocenters. The molecule has 1 aromatic carbocycles. The molecule has 0 saturated carbocycles. The van der Waals surface area contributed by atoms with Crippen LogP contribution in [-0.4, -0.2) is 64.1 Å². The zero-order valence-corrected chi connectivity index (χ0v) is 21.5. The van der Waals surface area contributed by atoms with Crippen molar-refractivity contribution in [3.8, 4) is 5.69 Å². The predicted octanol–water partition coefficient (Wildman–Crippen LogP) is 5.69. The van der Waals surface area contributed by atoms with Crippen molar-refractivity contribution in [2.24, 2.45) is 5.92 Å². The Hall–Kier alpha value is -2.57. The van der Waals surface area contributed by atoms with Crippen LogP contribution in [0.3, 0.4) is 0 Å². The lowest BCUT2D eigenvalue weighted by Crippen LogP contribution is -2.47. The summed E-state index contributed by atoms with van der Waals surface area (Å²) in [6.07, 6.45) is 10.3. The number of hydrogen-bond donors (Lipinski definition) is 1. The van der Waals surface area contributed by atoms with E-state index >= 15 is 0 Å². The van der Waals surface area contributed by atoms with E-state index in [1.54, 1.807) is 0 Å². The second-order valence-electron chi connectivity index (χ2n) is 10.3. The smallest absolute Gasteiger partial charge is 0.317 e. The molecule has 7 heteroatoms. The number of rotatable bonds is 5. The molecule has 2 fully saturated rings. The van der Waals surface area contributed by atoms with Crippen LogP contribution in [0, 0.1) is 5.92 Å². The number of carbonyl (C=O) groups is 1. The maximum absolute atomic E-state index is 12.9. The van der Waals surface area contributed by atoms with E-state index < -0.39 is 0 Å². The van der Waals surface area contributed by atoms with Gasteiger partial charge in [-0.25, -0.2) is 4.79 Å². The van der Waals surface area contributed by atoms with Gasteiger partial charge in [-0.2, -0.15) is 0 Å². The van der Waals surface area contributed by atoms with Gasteiger partial charge in [0.1, 0.15) is 0 Å². The lowest BCUT2D eigenvalue weighted by Gasteiger charge is -2.35. The summed E-state index contributed by atoms with van der Waals surface area (Å²) in [6, 6.07) is 10.7. The molecule has 0 bridgehead atoms. The van der Waals surface area contributed by atoms with Gasteiger partial charge >= 0.3 is 6.03 Å². The van der Waals surface area contributed by atoms with Gasteiger partial charge in [0.15, 0.2) is 0 Å². The monoisotopic (exact) mass is 493 g/mol. The minimum absolute atomic E-state index is 0.0996. The molecule has 2 aromatic heterocycles. The number of aromatic nitrogens is 2. The second-order valence-corrected chi connectivity index (χ2v) is 10.8. The molecule has 3 aromatic rings. The third kappa shape index (κ3) is 5.34. The SMILES string of the molecule is CC(C)N1CCC(CNC(=O)N2CCC(c3cn(-c4ccc(Cl)cc4)c4cnccc34)CC2)CC1. The number of benzene rings is 1. The van der Waals surface area contributed by atoms with E-state index in [-0.39, 0.29) is 6.03 Å². The highest BCUT2D eigenvalue weighted by Gasteiger charge is 2.27. The summed E-state index contributed by atoms with van der Waals surface area (Å²) in [6.45, 7) is 9.19. The summed E-state index contributed by atoms with van der Waals surface area (Å²) in [4.78, 5) is 21.8. The van der Waals surface area contributed by atoms with Crippen LogP contribution in [0.4, 0.5) is 4.79 Å². The van der Waals surface area contributed by atoms with E-state index in [9.17, 15) is 4.79 Å². The van der Waals surface area contributed by atoms with Crippen LogP contribution < -0.4 is 5.32 Å². The molecule has 0 aliphatic carbocycles. The van der Waals surface area contributed by atoms with Crippen LogP contribution in [0.5, 0.6) is 0 Å². The third-order valence-electron chi connectivity index (χ3n) is 7.89. The van der Waals surface area contributed by atoms with Gasteiger partial charge in [0.25, 0.3) is 0 Å². The number of carbonyl (C=O) groups excluding carboxylic acids is 1. The first-order valence-electron chi connectivity index (χ1n) is 13.0. The Balaban J connectivity index is 1.19. The number of piperidine rings is 2. The molecule has 0 spiro atoms. The van der Waals surface area contributed by atoms with E-state index in [1.807, 2.05) is 41.6 Å². The molecule has 5 rings (SSSR count). The molecule has 2 amide bonds. The molecule has 4 heterocycles. The molecule has 186 valence electrons. The first kappa shape index (κ1) is 24.1. The molecule has 0 radical (unpaired) electrons. The molecule has 35 heavy (non-hydrogen) atoms. The van der Waals surface area contributed by atoms with E-state index in [4.69, 9.17) is 11.6 Å². The highest BCUT2D eigenvalue weighted by molar-refractivity contribution is 6.30. The third-order valence-corrected chi connectivity index (χ3v) is 8.14. The van der Waals surface area contributed by atoms with Gasteiger partial charge in [-0.1, -0.05) is 11.6 Å². The zero-order chi connectivity index (χ0) is 24.4. The van der Waals surface area contributed by atoms with Crippen molar-refractivity contribution in [2.45, 2.75) is 51.5 Å². The van der Waals surface area contributed by atoms with Crippen molar-refractivity contribution in [2.75, 3.05) is 32.7 Å². The Morgan fingerprint density at radius 2 is 1.77 bits per heavy atom. The van der Waals surface area contributed by atoms with Crippen LogP contribution in [0.25, 0.3) is 16.6 Å². The van der Waals surface area contributed by atoms with Crippen molar-refractivity contribution < 1.29 is 4.79 Å². The van der Waals surface area contributed by atoms with Crippen molar-refractivity contribution >= 4 is 28.5 Å². The topological polar surface area (TPSA) is 53.4 Å². The van der Waals surface area contributed by atoms with Crippen LogP contribution in [-0.2, 0) is 0 Å². The average molecular weight is 494 g/mol. The summed E-state index contributed by atoms with van der Waals surface area (Å²) in [7, 11) is 0. The largest absolute Gasteiger partial charge is 0.338 e. The number of nitrogens with zero attached hydrogens (tertiary/aromatic N) is 4. The second kappa shape index (κ2) is 10.6. The number of urea groups is 1. The lowest BCUT2D eigenvalue weighted by molar-refractivity contribution is 0.144. The number of amides is 2. The quantitative estimate of drug-likeness (QED) is 0.497. The molecular weight excluding hydrogens is 458 g/mol. The number of pyridine rings is 1. The fraction of sp³-hybridized carbons (Fsp3) is 0.500. The van der Waals surface area contributed by atoms with Gasteiger partial charge < -0.3 is 19.7 Å². The van der Waals surface area contributed by atoms with E-state index in [0.29, 0.717) is 17.9 Å². The fourth-order valence-corrected chi connectivity index (χ4v) is 5.78. The predicted molar refractivity (Wildman–Crippen MR) is 142 cm³/mol. The van der Waals surface area contributed by atoms with E-state index in [1.165, 1.54) is 23.8 Å². The Morgan fingerprint density at radius 3 is 2.46 bits per heavy atom. The van der Waals surface area contributed by atoms with Gasteiger partial charge in [0.2, 0.25) is 0 Å². The number of nitrogens with one attached hydrogen (secondary N) is 1. The Labute approximate surface area is 213 Å².